The normalized spacial score (nSPS) is 10.5. The molecule has 1 aromatic heterocycles. The fraction of sp³-hybridized carbons (Fsp3) is 0.333. The average molecular weight is 325 g/mol. The number of benzene rings is 1. The van der Waals surface area contributed by atoms with Crippen molar-refractivity contribution < 1.29 is 0 Å². The zero-order valence-corrected chi connectivity index (χ0v) is 13.6. The zero-order chi connectivity index (χ0) is 15.2. The van der Waals surface area contributed by atoms with Gasteiger partial charge in [0, 0.05) is 25.2 Å². The maximum atomic E-state index is 6.20. The van der Waals surface area contributed by atoms with Gasteiger partial charge in [-0.05, 0) is 24.1 Å². The molecule has 0 radical (unpaired) electrons. The molecule has 21 heavy (non-hydrogen) atoms. The van der Waals surface area contributed by atoms with Gasteiger partial charge in [0.2, 0.25) is 5.95 Å². The van der Waals surface area contributed by atoms with E-state index in [0.29, 0.717) is 23.3 Å². The second-order valence-corrected chi connectivity index (χ2v) is 5.62. The van der Waals surface area contributed by atoms with Crippen LogP contribution in [0.5, 0.6) is 0 Å². The molecule has 0 amide bonds. The van der Waals surface area contributed by atoms with E-state index in [9.17, 15) is 0 Å². The third kappa shape index (κ3) is 4.48. The molecule has 2 aromatic rings. The number of halogens is 2. The van der Waals surface area contributed by atoms with Crippen molar-refractivity contribution in [2.75, 3.05) is 23.8 Å². The van der Waals surface area contributed by atoms with Crippen molar-refractivity contribution in [3.63, 3.8) is 0 Å². The van der Waals surface area contributed by atoms with Crippen molar-refractivity contribution in [2.45, 2.75) is 19.9 Å². The fourth-order valence-corrected chi connectivity index (χ4v) is 2.38. The molecule has 0 bridgehead atoms. The van der Waals surface area contributed by atoms with Gasteiger partial charge in [0.05, 0.1) is 6.20 Å². The van der Waals surface area contributed by atoms with Gasteiger partial charge in [0.25, 0.3) is 0 Å². The zero-order valence-electron chi connectivity index (χ0n) is 12.1. The summed E-state index contributed by atoms with van der Waals surface area (Å²) in [4.78, 5) is 10.6. The minimum absolute atomic E-state index is 0.529. The molecule has 2 rings (SSSR count). The van der Waals surface area contributed by atoms with Crippen molar-refractivity contribution in [3.8, 4) is 0 Å². The summed E-state index contributed by atoms with van der Waals surface area (Å²) in [6.07, 6.45) is 2.63. The van der Waals surface area contributed by atoms with Gasteiger partial charge in [-0.2, -0.15) is 4.98 Å². The lowest BCUT2D eigenvalue weighted by molar-refractivity contribution is 0.884. The van der Waals surface area contributed by atoms with E-state index < -0.39 is 0 Å². The van der Waals surface area contributed by atoms with Crippen LogP contribution in [0.25, 0.3) is 0 Å². The lowest BCUT2D eigenvalue weighted by Crippen LogP contribution is -2.19. The first-order valence-corrected chi connectivity index (χ1v) is 7.57. The molecule has 1 heterocycles. The Bertz CT molecular complexity index is 604. The second kappa shape index (κ2) is 7.48. The lowest BCUT2D eigenvalue weighted by Gasteiger charge is -2.20. The Morgan fingerprint density at radius 3 is 2.81 bits per heavy atom. The monoisotopic (exact) mass is 324 g/mol. The van der Waals surface area contributed by atoms with Crippen LogP contribution in [-0.4, -0.2) is 23.6 Å². The van der Waals surface area contributed by atoms with E-state index in [4.69, 9.17) is 23.2 Å². The van der Waals surface area contributed by atoms with E-state index in [1.807, 2.05) is 36.2 Å². The van der Waals surface area contributed by atoms with Gasteiger partial charge in [0.15, 0.2) is 5.82 Å². The molecule has 6 heteroatoms. The summed E-state index contributed by atoms with van der Waals surface area (Å²) in [5.74, 6) is 1.29. The number of anilines is 2. The molecular formula is C15H18Cl2N4. The largest absolute Gasteiger partial charge is 0.354 e. The van der Waals surface area contributed by atoms with Gasteiger partial charge in [-0.3, -0.25) is 0 Å². The summed E-state index contributed by atoms with van der Waals surface area (Å²) in [6, 6.07) is 7.74. The summed E-state index contributed by atoms with van der Waals surface area (Å²) in [7, 11) is 1.94. The molecule has 0 spiro atoms. The molecule has 112 valence electrons. The van der Waals surface area contributed by atoms with Crippen molar-refractivity contribution in [3.05, 3.63) is 46.1 Å². The molecule has 0 aliphatic heterocycles. The molecule has 1 aromatic carbocycles. The first kappa shape index (κ1) is 15.9. The van der Waals surface area contributed by atoms with E-state index in [2.05, 4.69) is 22.2 Å². The van der Waals surface area contributed by atoms with Crippen molar-refractivity contribution in [1.82, 2.24) is 9.97 Å². The number of nitrogens with one attached hydrogen (secondary N) is 1. The number of hydrogen-bond acceptors (Lipinski definition) is 4. The van der Waals surface area contributed by atoms with Crippen LogP contribution in [0.2, 0.25) is 10.0 Å². The predicted molar refractivity (Wildman–Crippen MR) is 89.4 cm³/mol. The van der Waals surface area contributed by atoms with Crippen molar-refractivity contribution in [2.24, 2.45) is 0 Å². The van der Waals surface area contributed by atoms with Crippen LogP contribution in [0.15, 0.2) is 30.5 Å². The van der Waals surface area contributed by atoms with Gasteiger partial charge in [-0.15, -0.1) is 0 Å². The summed E-state index contributed by atoms with van der Waals surface area (Å²) >= 11 is 12.2. The summed E-state index contributed by atoms with van der Waals surface area (Å²) in [5, 5.41) is 4.41. The highest BCUT2D eigenvalue weighted by Crippen LogP contribution is 2.24. The van der Waals surface area contributed by atoms with Crippen molar-refractivity contribution in [1.29, 1.82) is 0 Å². The summed E-state index contributed by atoms with van der Waals surface area (Å²) in [5.41, 5.74) is 1.10. The number of rotatable bonds is 6. The molecule has 0 atom stereocenters. The van der Waals surface area contributed by atoms with E-state index in [0.717, 1.165) is 23.6 Å². The molecular weight excluding hydrogens is 307 g/mol. The Balaban J connectivity index is 2.15. The highest BCUT2D eigenvalue weighted by Gasteiger charge is 2.11. The van der Waals surface area contributed by atoms with Gasteiger partial charge in [0.1, 0.15) is 5.02 Å². The van der Waals surface area contributed by atoms with Crippen LogP contribution >= 0.6 is 23.2 Å². The molecule has 0 aliphatic carbocycles. The van der Waals surface area contributed by atoms with E-state index in [1.165, 1.54) is 0 Å². The van der Waals surface area contributed by atoms with Crippen LogP contribution in [0.3, 0.4) is 0 Å². The lowest BCUT2D eigenvalue weighted by atomic mass is 10.2. The first-order chi connectivity index (χ1) is 10.1. The van der Waals surface area contributed by atoms with Crippen LogP contribution in [0.1, 0.15) is 18.9 Å². The number of aromatic nitrogens is 2. The Kier molecular flexibility index (Phi) is 5.65. The summed E-state index contributed by atoms with van der Waals surface area (Å²) in [6.45, 7) is 3.60. The minimum Gasteiger partial charge on any atom is -0.354 e. The Labute approximate surface area is 135 Å². The van der Waals surface area contributed by atoms with Gasteiger partial charge < -0.3 is 10.2 Å². The van der Waals surface area contributed by atoms with Crippen LogP contribution in [0, 0.1) is 0 Å². The van der Waals surface area contributed by atoms with Crippen molar-refractivity contribution >= 4 is 35.0 Å². The summed E-state index contributed by atoms with van der Waals surface area (Å²) < 4.78 is 0. The molecule has 0 saturated heterocycles. The topological polar surface area (TPSA) is 41.1 Å². The second-order valence-electron chi connectivity index (χ2n) is 4.78. The third-order valence-corrected chi connectivity index (χ3v) is 3.43. The fourth-order valence-electron chi connectivity index (χ4n) is 1.93. The van der Waals surface area contributed by atoms with Crippen LogP contribution in [-0.2, 0) is 6.54 Å². The first-order valence-electron chi connectivity index (χ1n) is 6.82. The SMILES string of the molecule is CCCNc1ncc(Cl)c(N(C)Cc2cccc(Cl)c2)n1. The molecule has 0 fully saturated rings. The van der Waals surface area contributed by atoms with E-state index >= 15 is 0 Å². The average Bonchev–Trinajstić information content (AvgIpc) is 2.46. The predicted octanol–water partition coefficient (Wildman–Crippen LogP) is 4.24. The highest BCUT2D eigenvalue weighted by atomic mass is 35.5. The van der Waals surface area contributed by atoms with Gasteiger partial charge in [-0.1, -0.05) is 42.3 Å². The van der Waals surface area contributed by atoms with E-state index in [1.54, 1.807) is 6.20 Å². The van der Waals surface area contributed by atoms with Gasteiger partial charge >= 0.3 is 0 Å². The van der Waals surface area contributed by atoms with Crippen LogP contribution in [0.4, 0.5) is 11.8 Å². The van der Waals surface area contributed by atoms with E-state index in [-0.39, 0.29) is 0 Å². The number of nitrogens with zero attached hydrogens (tertiary/aromatic N) is 3. The Morgan fingerprint density at radius 2 is 2.10 bits per heavy atom. The van der Waals surface area contributed by atoms with Gasteiger partial charge in [-0.25, -0.2) is 4.98 Å². The Morgan fingerprint density at radius 1 is 1.29 bits per heavy atom. The molecule has 1 N–H and O–H groups in total. The molecule has 0 saturated carbocycles. The maximum absolute atomic E-state index is 6.20. The molecule has 0 aliphatic rings. The van der Waals surface area contributed by atoms with Crippen LogP contribution < -0.4 is 10.2 Å². The highest BCUT2D eigenvalue weighted by molar-refractivity contribution is 6.32. The number of hydrogen-bond donors (Lipinski definition) is 1. The third-order valence-electron chi connectivity index (χ3n) is 2.93. The molecule has 4 nitrogen and oxygen atoms in total. The Hall–Kier alpha value is -1.52. The molecule has 0 unspecified atom stereocenters. The minimum atomic E-state index is 0.529. The maximum Gasteiger partial charge on any atom is 0.224 e. The smallest absolute Gasteiger partial charge is 0.224 e. The standard InChI is InChI=1S/C15H18Cl2N4/c1-3-7-18-15-19-9-13(17)14(20-15)21(2)10-11-5-4-6-12(16)8-11/h4-6,8-9H,3,7,10H2,1-2H3,(H,18,19,20). The quantitative estimate of drug-likeness (QED) is 0.862.